The lowest BCUT2D eigenvalue weighted by Gasteiger charge is -2.34. The molecule has 2 fully saturated rings. The molecule has 2 aliphatic rings. The molecule has 1 saturated heterocycles. The Labute approximate surface area is 183 Å². The molecule has 2 N–H and O–H groups in total. The zero-order valence-electron chi connectivity index (χ0n) is 17.5. The summed E-state index contributed by atoms with van der Waals surface area (Å²) in [6.07, 6.45) is 8.49. The molecule has 27 heavy (non-hydrogen) atoms. The first-order chi connectivity index (χ1) is 12.7. The van der Waals surface area contributed by atoms with Gasteiger partial charge in [0, 0.05) is 39.8 Å². The summed E-state index contributed by atoms with van der Waals surface area (Å²) in [5, 5.41) is 6.75. The van der Waals surface area contributed by atoms with E-state index in [1.54, 1.807) is 0 Å². The van der Waals surface area contributed by atoms with Gasteiger partial charge in [-0.25, -0.2) is 0 Å². The van der Waals surface area contributed by atoms with Gasteiger partial charge in [0.15, 0.2) is 5.96 Å². The van der Waals surface area contributed by atoms with Gasteiger partial charge in [0.1, 0.15) is 0 Å². The minimum atomic E-state index is 0. The maximum absolute atomic E-state index is 6.03. The first-order valence-electron chi connectivity index (χ1n) is 10.6. The lowest BCUT2D eigenvalue weighted by molar-refractivity contribution is -0.0284. The van der Waals surface area contributed by atoms with E-state index in [0.717, 1.165) is 51.9 Å². The van der Waals surface area contributed by atoms with Crippen LogP contribution in [0.3, 0.4) is 0 Å². The standard InChI is InChI=1S/C20H40N4O2.HI/c1-17(2)15-24-11-13-26-19(16-24)14-23-20(21-3)22-10-12-25-18-8-6-4-5-7-9-18;/h17-19H,4-16H2,1-3H3,(H2,21,22,23);1H. The minimum Gasteiger partial charge on any atom is -0.376 e. The van der Waals surface area contributed by atoms with Gasteiger partial charge < -0.3 is 20.1 Å². The average Bonchev–Trinajstić information content (AvgIpc) is 2.90. The van der Waals surface area contributed by atoms with Crippen LogP contribution in [0.25, 0.3) is 0 Å². The molecule has 1 saturated carbocycles. The molecular formula is C20H41IN4O2. The van der Waals surface area contributed by atoms with Crippen LogP contribution in [0, 0.1) is 5.92 Å². The number of nitrogens with zero attached hydrogens (tertiary/aromatic N) is 2. The second kappa shape index (κ2) is 14.8. The van der Waals surface area contributed by atoms with Crippen LogP contribution in [-0.4, -0.2) is 76.1 Å². The highest BCUT2D eigenvalue weighted by atomic mass is 127. The van der Waals surface area contributed by atoms with Gasteiger partial charge in [-0.15, -0.1) is 24.0 Å². The van der Waals surface area contributed by atoms with Crippen molar-refractivity contribution in [2.45, 2.75) is 64.6 Å². The number of nitrogens with one attached hydrogen (secondary N) is 2. The molecule has 0 aromatic carbocycles. The van der Waals surface area contributed by atoms with Crippen LogP contribution < -0.4 is 10.6 Å². The first kappa shape index (κ1) is 24.9. The Morgan fingerprint density at radius 2 is 1.93 bits per heavy atom. The van der Waals surface area contributed by atoms with Gasteiger partial charge in [-0.05, 0) is 18.8 Å². The van der Waals surface area contributed by atoms with Crippen molar-refractivity contribution in [2.75, 3.05) is 53.0 Å². The molecule has 6 nitrogen and oxygen atoms in total. The van der Waals surface area contributed by atoms with E-state index in [2.05, 4.69) is 34.4 Å². The third-order valence-electron chi connectivity index (χ3n) is 5.12. The van der Waals surface area contributed by atoms with E-state index in [-0.39, 0.29) is 30.1 Å². The van der Waals surface area contributed by atoms with Crippen LogP contribution in [0.15, 0.2) is 4.99 Å². The Morgan fingerprint density at radius 1 is 1.19 bits per heavy atom. The van der Waals surface area contributed by atoms with Crippen LogP contribution in [0.1, 0.15) is 52.4 Å². The molecule has 1 aliphatic carbocycles. The lowest BCUT2D eigenvalue weighted by Crippen LogP contribution is -2.50. The van der Waals surface area contributed by atoms with E-state index in [1.807, 2.05) is 7.05 Å². The SMILES string of the molecule is CN=C(NCCOC1CCCCCC1)NCC1CN(CC(C)C)CCO1.I. The van der Waals surface area contributed by atoms with Crippen molar-refractivity contribution in [3.8, 4) is 0 Å². The van der Waals surface area contributed by atoms with Gasteiger partial charge in [0.05, 0.1) is 25.4 Å². The van der Waals surface area contributed by atoms with Crippen molar-refractivity contribution < 1.29 is 9.47 Å². The third-order valence-corrected chi connectivity index (χ3v) is 5.12. The molecule has 1 heterocycles. The third kappa shape index (κ3) is 10.9. The fourth-order valence-corrected chi connectivity index (χ4v) is 3.82. The van der Waals surface area contributed by atoms with Gasteiger partial charge in [0.25, 0.3) is 0 Å². The predicted molar refractivity (Wildman–Crippen MR) is 123 cm³/mol. The summed E-state index contributed by atoms with van der Waals surface area (Å²) in [6, 6.07) is 0. The smallest absolute Gasteiger partial charge is 0.191 e. The number of guanidine groups is 1. The first-order valence-corrected chi connectivity index (χ1v) is 10.6. The van der Waals surface area contributed by atoms with Gasteiger partial charge >= 0.3 is 0 Å². The molecule has 0 aromatic rings. The van der Waals surface area contributed by atoms with Crippen LogP contribution in [0.4, 0.5) is 0 Å². The van der Waals surface area contributed by atoms with Crippen LogP contribution in [-0.2, 0) is 9.47 Å². The fourth-order valence-electron chi connectivity index (χ4n) is 3.82. The summed E-state index contributed by atoms with van der Waals surface area (Å²) in [4.78, 5) is 6.81. The summed E-state index contributed by atoms with van der Waals surface area (Å²) < 4.78 is 11.9. The average molecular weight is 496 g/mol. The number of hydrogen-bond donors (Lipinski definition) is 2. The molecule has 7 heteroatoms. The van der Waals surface area contributed by atoms with E-state index >= 15 is 0 Å². The second-order valence-electron chi connectivity index (χ2n) is 8.01. The molecule has 0 spiro atoms. The van der Waals surface area contributed by atoms with Crippen LogP contribution in [0.5, 0.6) is 0 Å². The highest BCUT2D eigenvalue weighted by Crippen LogP contribution is 2.19. The van der Waals surface area contributed by atoms with E-state index < -0.39 is 0 Å². The monoisotopic (exact) mass is 496 g/mol. The molecule has 1 unspecified atom stereocenters. The topological polar surface area (TPSA) is 58.1 Å². The minimum absolute atomic E-state index is 0. The second-order valence-corrected chi connectivity index (χ2v) is 8.01. The number of ether oxygens (including phenoxy) is 2. The maximum Gasteiger partial charge on any atom is 0.191 e. The molecule has 0 amide bonds. The number of morpholine rings is 1. The molecule has 1 aliphatic heterocycles. The molecule has 160 valence electrons. The maximum atomic E-state index is 6.03. The van der Waals surface area contributed by atoms with Crippen molar-refractivity contribution >= 4 is 29.9 Å². The van der Waals surface area contributed by atoms with E-state index in [9.17, 15) is 0 Å². The largest absolute Gasteiger partial charge is 0.376 e. The van der Waals surface area contributed by atoms with Crippen LogP contribution >= 0.6 is 24.0 Å². The molecule has 1 atom stereocenters. The Bertz CT molecular complexity index is 401. The summed E-state index contributed by atoms with van der Waals surface area (Å²) in [6.45, 7) is 10.9. The highest BCUT2D eigenvalue weighted by molar-refractivity contribution is 14.0. The lowest BCUT2D eigenvalue weighted by atomic mass is 10.1. The highest BCUT2D eigenvalue weighted by Gasteiger charge is 2.21. The van der Waals surface area contributed by atoms with Gasteiger partial charge in [-0.1, -0.05) is 39.5 Å². The normalized spacial score (nSPS) is 23.0. The van der Waals surface area contributed by atoms with Crippen molar-refractivity contribution in [1.29, 1.82) is 0 Å². The van der Waals surface area contributed by atoms with Crippen molar-refractivity contribution in [2.24, 2.45) is 10.9 Å². The van der Waals surface area contributed by atoms with Gasteiger partial charge in [0.2, 0.25) is 0 Å². The molecule has 0 aromatic heterocycles. The number of hydrogen-bond acceptors (Lipinski definition) is 4. The van der Waals surface area contributed by atoms with Gasteiger partial charge in [-0.2, -0.15) is 0 Å². The molecule has 0 bridgehead atoms. The van der Waals surface area contributed by atoms with E-state index in [1.165, 1.54) is 38.5 Å². The Balaban J connectivity index is 0.00000364. The Kier molecular flexibility index (Phi) is 13.7. The predicted octanol–water partition coefficient (Wildman–Crippen LogP) is 2.87. The molecular weight excluding hydrogens is 455 g/mol. The summed E-state index contributed by atoms with van der Waals surface area (Å²) >= 11 is 0. The number of halogens is 1. The van der Waals surface area contributed by atoms with Crippen molar-refractivity contribution in [3.63, 3.8) is 0 Å². The fraction of sp³-hybridized carbons (Fsp3) is 0.950. The number of aliphatic imine (C=N–C) groups is 1. The van der Waals surface area contributed by atoms with Gasteiger partial charge in [-0.3, -0.25) is 9.89 Å². The van der Waals surface area contributed by atoms with E-state index in [0.29, 0.717) is 12.0 Å². The van der Waals surface area contributed by atoms with Crippen LogP contribution in [0.2, 0.25) is 0 Å². The summed E-state index contributed by atoms with van der Waals surface area (Å²) in [5.74, 6) is 1.53. The van der Waals surface area contributed by atoms with Crippen molar-refractivity contribution in [3.05, 3.63) is 0 Å². The molecule has 0 radical (unpaired) electrons. The number of rotatable bonds is 8. The zero-order chi connectivity index (χ0) is 18.6. The van der Waals surface area contributed by atoms with E-state index in [4.69, 9.17) is 9.47 Å². The summed E-state index contributed by atoms with van der Waals surface area (Å²) in [7, 11) is 1.81. The Hall–Kier alpha value is -0.120. The van der Waals surface area contributed by atoms with Crippen molar-refractivity contribution in [1.82, 2.24) is 15.5 Å². The quantitative estimate of drug-likeness (QED) is 0.178. The Morgan fingerprint density at radius 3 is 2.59 bits per heavy atom. The summed E-state index contributed by atoms with van der Waals surface area (Å²) in [5.41, 5.74) is 0. The molecule has 2 rings (SSSR count). The zero-order valence-corrected chi connectivity index (χ0v) is 19.9.